The summed E-state index contributed by atoms with van der Waals surface area (Å²) < 4.78 is 0.879. The molecule has 0 amide bonds. The lowest BCUT2D eigenvalue weighted by atomic mass is 10.1. The van der Waals surface area contributed by atoms with Crippen molar-refractivity contribution in [3.05, 3.63) is 22.9 Å². The van der Waals surface area contributed by atoms with E-state index in [1.807, 2.05) is 18.3 Å². The fourth-order valence-electron chi connectivity index (χ4n) is 1.82. The van der Waals surface area contributed by atoms with Crippen molar-refractivity contribution in [3.8, 4) is 0 Å². The van der Waals surface area contributed by atoms with Gasteiger partial charge in [-0.25, -0.2) is 4.98 Å². The van der Waals surface area contributed by atoms with E-state index in [9.17, 15) is 0 Å². The average molecular weight is 270 g/mol. The Morgan fingerprint density at radius 2 is 2.40 bits per heavy atom. The molecule has 0 aromatic carbocycles. The Morgan fingerprint density at radius 3 is 3.07 bits per heavy atom. The fourth-order valence-corrected chi connectivity index (χ4v) is 2.05. The highest BCUT2D eigenvalue weighted by molar-refractivity contribution is 9.10. The van der Waals surface area contributed by atoms with Crippen molar-refractivity contribution in [1.29, 1.82) is 0 Å². The molecule has 2 rings (SSSR count). The first-order chi connectivity index (χ1) is 7.34. The molecule has 1 unspecified atom stereocenters. The van der Waals surface area contributed by atoms with Gasteiger partial charge in [-0.1, -0.05) is 6.42 Å². The number of pyridine rings is 1. The maximum atomic E-state index is 4.18. The number of rotatable bonds is 3. The lowest BCUT2D eigenvalue weighted by Crippen LogP contribution is -2.39. The lowest BCUT2D eigenvalue weighted by molar-refractivity contribution is 0.414. The van der Waals surface area contributed by atoms with Crippen LogP contribution >= 0.6 is 15.9 Å². The second-order valence-electron chi connectivity index (χ2n) is 3.90. The third-order valence-corrected chi connectivity index (χ3v) is 3.16. The first-order valence-electron chi connectivity index (χ1n) is 5.43. The highest BCUT2D eigenvalue weighted by Gasteiger charge is 2.11. The summed E-state index contributed by atoms with van der Waals surface area (Å²) in [6.07, 6.45) is 5.79. The maximum Gasteiger partial charge on any atom is 0.106 e. The Kier molecular flexibility index (Phi) is 3.97. The molecule has 1 atom stereocenters. The van der Waals surface area contributed by atoms with Crippen LogP contribution in [-0.2, 0) is 0 Å². The summed E-state index contributed by atoms with van der Waals surface area (Å²) in [7, 11) is 0. The predicted molar refractivity (Wildman–Crippen MR) is 66.1 cm³/mol. The van der Waals surface area contributed by atoms with Gasteiger partial charge in [-0.2, -0.15) is 0 Å². The molecule has 0 spiro atoms. The Labute approximate surface area is 98.8 Å². The van der Waals surface area contributed by atoms with Gasteiger partial charge in [-0.3, -0.25) is 0 Å². The second kappa shape index (κ2) is 5.47. The molecule has 1 aliphatic heterocycles. The Balaban J connectivity index is 1.79. The summed E-state index contributed by atoms with van der Waals surface area (Å²) in [4.78, 5) is 4.18. The van der Waals surface area contributed by atoms with Gasteiger partial charge in [-0.15, -0.1) is 0 Å². The molecule has 0 bridgehead atoms. The molecule has 1 aliphatic rings. The monoisotopic (exact) mass is 269 g/mol. The molecule has 0 aliphatic carbocycles. The number of aromatic nitrogens is 1. The SMILES string of the molecule is Brc1ccc(NCC2CCCCN2)cn1. The third kappa shape index (κ3) is 3.47. The molecule has 2 heterocycles. The van der Waals surface area contributed by atoms with Crippen molar-refractivity contribution in [2.24, 2.45) is 0 Å². The summed E-state index contributed by atoms with van der Waals surface area (Å²) >= 11 is 3.32. The molecule has 4 heteroatoms. The van der Waals surface area contributed by atoms with Crippen LogP contribution in [-0.4, -0.2) is 24.1 Å². The summed E-state index contributed by atoms with van der Waals surface area (Å²) in [6.45, 7) is 2.15. The average Bonchev–Trinajstić information content (AvgIpc) is 2.30. The van der Waals surface area contributed by atoms with Crippen LogP contribution in [0.2, 0.25) is 0 Å². The zero-order valence-corrected chi connectivity index (χ0v) is 10.3. The molecular formula is C11H16BrN3. The molecule has 2 N–H and O–H groups in total. The van der Waals surface area contributed by atoms with E-state index >= 15 is 0 Å². The first-order valence-corrected chi connectivity index (χ1v) is 6.23. The molecule has 1 aromatic heterocycles. The van der Waals surface area contributed by atoms with E-state index < -0.39 is 0 Å². The van der Waals surface area contributed by atoms with Crippen molar-refractivity contribution < 1.29 is 0 Å². The number of nitrogens with one attached hydrogen (secondary N) is 2. The summed E-state index contributed by atoms with van der Waals surface area (Å²) in [5.74, 6) is 0. The molecule has 1 saturated heterocycles. The number of halogens is 1. The number of piperidine rings is 1. The van der Waals surface area contributed by atoms with Crippen molar-refractivity contribution in [2.45, 2.75) is 25.3 Å². The van der Waals surface area contributed by atoms with Gasteiger partial charge in [0.15, 0.2) is 0 Å². The standard InChI is InChI=1S/C11H16BrN3/c12-11-5-4-10(8-15-11)14-7-9-3-1-2-6-13-9/h4-5,8-9,13-14H,1-3,6-7H2. The fraction of sp³-hybridized carbons (Fsp3) is 0.545. The van der Waals surface area contributed by atoms with E-state index in [1.165, 1.54) is 19.3 Å². The van der Waals surface area contributed by atoms with E-state index in [0.29, 0.717) is 6.04 Å². The zero-order chi connectivity index (χ0) is 10.5. The van der Waals surface area contributed by atoms with Crippen LogP contribution < -0.4 is 10.6 Å². The van der Waals surface area contributed by atoms with E-state index in [2.05, 4.69) is 31.5 Å². The quantitative estimate of drug-likeness (QED) is 0.828. The van der Waals surface area contributed by atoms with E-state index in [-0.39, 0.29) is 0 Å². The minimum atomic E-state index is 0.613. The summed E-state index contributed by atoms with van der Waals surface area (Å²) in [5.41, 5.74) is 1.09. The van der Waals surface area contributed by atoms with Gasteiger partial charge in [0.05, 0.1) is 11.9 Å². The third-order valence-electron chi connectivity index (χ3n) is 2.69. The van der Waals surface area contributed by atoms with Crippen LogP contribution in [0.3, 0.4) is 0 Å². The molecule has 1 aromatic rings. The number of nitrogens with zero attached hydrogens (tertiary/aromatic N) is 1. The van der Waals surface area contributed by atoms with Gasteiger partial charge in [0.1, 0.15) is 4.60 Å². The smallest absolute Gasteiger partial charge is 0.106 e. The molecule has 1 fully saturated rings. The van der Waals surface area contributed by atoms with Crippen LogP contribution in [0, 0.1) is 0 Å². The topological polar surface area (TPSA) is 37.0 Å². The van der Waals surface area contributed by atoms with Crippen LogP contribution in [0.25, 0.3) is 0 Å². The predicted octanol–water partition coefficient (Wildman–Crippen LogP) is 2.40. The van der Waals surface area contributed by atoms with Crippen LogP contribution in [0.5, 0.6) is 0 Å². The van der Waals surface area contributed by atoms with Gasteiger partial charge in [0, 0.05) is 12.6 Å². The maximum absolute atomic E-state index is 4.18. The normalized spacial score (nSPS) is 21.3. The van der Waals surface area contributed by atoms with Crippen molar-refractivity contribution >= 4 is 21.6 Å². The first kappa shape index (κ1) is 10.9. The van der Waals surface area contributed by atoms with Crippen LogP contribution in [0.15, 0.2) is 22.9 Å². The number of hydrogen-bond acceptors (Lipinski definition) is 3. The molecular weight excluding hydrogens is 254 g/mol. The highest BCUT2D eigenvalue weighted by atomic mass is 79.9. The molecule has 0 saturated carbocycles. The number of hydrogen-bond donors (Lipinski definition) is 2. The van der Waals surface area contributed by atoms with Crippen molar-refractivity contribution in [2.75, 3.05) is 18.4 Å². The van der Waals surface area contributed by atoms with Crippen molar-refractivity contribution in [1.82, 2.24) is 10.3 Å². The largest absolute Gasteiger partial charge is 0.382 e. The molecule has 3 nitrogen and oxygen atoms in total. The van der Waals surface area contributed by atoms with E-state index in [4.69, 9.17) is 0 Å². The Bertz CT molecular complexity index is 293. The lowest BCUT2D eigenvalue weighted by Gasteiger charge is -2.23. The molecule has 0 radical (unpaired) electrons. The van der Waals surface area contributed by atoms with Gasteiger partial charge < -0.3 is 10.6 Å². The van der Waals surface area contributed by atoms with Crippen molar-refractivity contribution in [3.63, 3.8) is 0 Å². The summed E-state index contributed by atoms with van der Waals surface area (Å²) in [5, 5.41) is 6.90. The Hall–Kier alpha value is -0.610. The van der Waals surface area contributed by atoms with Crippen LogP contribution in [0.1, 0.15) is 19.3 Å². The van der Waals surface area contributed by atoms with Gasteiger partial charge in [0.25, 0.3) is 0 Å². The van der Waals surface area contributed by atoms with Gasteiger partial charge in [0.2, 0.25) is 0 Å². The molecule has 15 heavy (non-hydrogen) atoms. The van der Waals surface area contributed by atoms with Gasteiger partial charge in [-0.05, 0) is 47.4 Å². The zero-order valence-electron chi connectivity index (χ0n) is 8.67. The summed E-state index contributed by atoms with van der Waals surface area (Å²) in [6, 6.07) is 4.61. The molecule has 82 valence electrons. The van der Waals surface area contributed by atoms with E-state index in [0.717, 1.165) is 23.4 Å². The minimum Gasteiger partial charge on any atom is -0.382 e. The Morgan fingerprint density at radius 1 is 1.47 bits per heavy atom. The van der Waals surface area contributed by atoms with E-state index in [1.54, 1.807) is 0 Å². The van der Waals surface area contributed by atoms with Crippen LogP contribution in [0.4, 0.5) is 5.69 Å². The van der Waals surface area contributed by atoms with Gasteiger partial charge >= 0.3 is 0 Å². The minimum absolute atomic E-state index is 0.613. The second-order valence-corrected chi connectivity index (χ2v) is 4.71. The number of anilines is 1. The highest BCUT2D eigenvalue weighted by Crippen LogP contribution is 2.12.